The Morgan fingerprint density at radius 2 is 1.95 bits per heavy atom. The highest BCUT2D eigenvalue weighted by Crippen LogP contribution is 2.25. The number of aromatic nitrogens is 2. The highest BCUT2D eigenvalue weighted by atomic mass is 16.5. The average molecular weight is 274 g/mol. The van der Waals surface area contributed by atoms with Gasteiger partial charge in [-0.15, -0.1) is 0 Å². The van der Waals surface area contributed by atoms with Gasteiger partial charge in [0.05, 0.1) is 14.2 Å². The van der Waals surface area contributed by atoms with Crippen LogP contribution in [0.25, 0.3) is 0 Å². The van der Waals surface area contributed by atoms with Gasteiger partial charge in [0.2, 0.25) is 5.95 Å². The summed E-state index contributed by atoms with van der Waals surface area (Å²) in [5, 5.41) is 3.20. The Balaban J connectivity index is 2.14. The second-order valence-electron chi connectivity index (χ2n) is 4.28. The van der Waals surface area contributed by atoms with Crippen molar-refractivity contribution in [2.24, 2.45) is 0 Å². The molecule has 106 valence electrons. The summed E-state index contributed by atoms with van der Waals surface area (Å²) in [7, 11) is 3.25. The third-order valence-corrected chi connectivity index (χ3v) is 2.83. The molecule has 6 nitrogen and oxygen atoms in total. The third-order valence-electron chi connectivity index (χ3n) is 2.83. The smallest absolute Gasteiger partial charge is 0.222 e. The molecule has 0 saturated heterocycles. The monoisotopic (exact) mass is 274 g/mol. The van der Waals surface area contributed by atoms with E-state index in [4.69, 9.17) is 15.2 Å². The first-order chi connectivity index (χ1) is 9.62. The van der Waals surface area contributed by atoms with E-state index in [9.17, 15) is 0 Å². The van der Waals surface area contributed by atoms with Crippen molar-refractivity contribution in [1.82, 2.24) is 9.97 Å². The minimum absolute atomic E-state index is 0.259. The van der Waals surface area contributed by atoms with Gasteiger partial charge in [-0.1, -0.05) is 0 Å². The number of hydrogen-bond acceptors (Lipinski definition) is 6. The van der Waals surface area contributed by atoms with E-state index in [2.05, 4.69) is 15.3 Å². The number of nitrogen functional groups attached to an aromatic ring is 1. The van der Waals surface area contributed by atoms with E-state index in [1.807, 2.05) is 31.2 Å². The zero-order chi connectivity index (χ0) is 14.5. The second kappa shape index (κ2) is 6.10. The summed E-state index contributed by atoms with van der Waals surface area (Å²) in [6, 6.07) is 7.52. The maximum atomic E-state index is 5.62. The highest BCUT2D eigenvalue weighted by molar-refractivity contribution is 5.45. The fourth-order valence-electron chi connectivity index (χ4n) is 1.87. The molecule has 0 aliphatic carbocycles. The van der Waals surface area contributed by atoms with E-state index >= 15 is 0 Å². The SMILES string of the molecule is COc1ccc(CNc2cc(C)nc(N)n2)c(OC)c1. The number of rotatable bonds is 5. The number of nitrogens with two attached hydrogens (primary N) is 1. The van der Waals surface area contributed by atoms with Crippen LogP contribution < -0.4 is 20.5 Å². The predicted octanol–water partition coefficient (Wildman–Crippen LogP) is 2.00. The molecule has 20 heavy (non-hydrogen) atoms. The van der Waals surface area contributed by atoms with Crippen molar-refractivity contribution in [3.8, 4) is 11.5 Å². The molecule has 0 saturated carbocycles. The Hall–Kier alpha value is -2.50. The molecule has 0 bridgehead atoms. The number of aryl methyl sites for hydroxylation is 1. The normalized spacial score (nSPS) is 10.2. The molecule has 0 atom stereocenters. The van der Waals surface area contributed by atoms with Gasteiger partial charge in [-0.2, -0.15) is 4.98 Å². The van der Waals surface area contributed by atoms with Gasteiger partial charge in [0.15, 0.2) is 0 Å². The van der Waals surface area contributed by atoms with Crippen molar-refractivity contribution in [1.29, 1.82) is 0 Å². The van der Waals surface area contributed by atoms with E-state index < -0.39 is 0 Å². The Morgan fingerprint density at radius 3 is 2.60 bits per heavy atom. The zero-order valence-electron chi connectivity index (χ0n) is 11.8. The first-order valence-corrected chi connectivity index (χ1v) is 6.18. The number of hydrogen-bond donors (Lipinski definition) is 2. The Morgan fingerprint density at radius 1 is 1.15 bits per heavy atom. The van der Waals surface area contributed by atoms with E-state index in [0.29, 0.717) is 12.4 Å². The standard InChI is InChI=1S/C14H18N4O2/c1-9-6-13(18-14(15)17-9)16-8-10-4-5-11(19-2)7-12(10)20-3/h4-7H,8H2,1-3H3,(H3,15,16,17,18). The molecule has 0 aliphatic rings. The molecule has 1 aromatic carbocycles. The van der Waals surface area contributed by atoms with Gasteiger partial charge < -0.3 is 20.5 Å². The zero-order valence-corrected chi connectivity index (χ0v) is 11.8. The minimum Gasteiger partial charge on any atom is -0.497 e. The topological polar surface area (TPSA) is 82.3 Å². The van der Waals surface area contributed by atoms with Gasteiger partial charge in [-0.05, 0) is 19.1 Å². The molecule has 2 rings (SSSR count). The fourth-order valence-corrected chi connectivity index (χ4v) is 1.87. The molecule has 3 N–H and O–H groups in total. The number of nitrogens with zero attached hydrogens (tertiary/aromatic N) is 2. The third kappa shape index (κ3) is 3.28. The number of anilines is 2. The van der Waals surface area contributed by atoms with Gasteiger partial charge in [0.25, 0.3) is 0 Å². The molecule has 0 unspecified atom stereocenters. The van der Waals surface area contributed by atoms with Crippen LogP contribution in [0.4, 0.5) is 11.8 Å². The van der Waals surface area contributed by atoms with Crippen LogP contribution in [-0.4, -0.2) is 24.2 Å². The number of methoxy groups -OCH3 is 2. The molecule has 0 radical (unpaired) electrons. The number of ether oxygens (including phenoxy) is 2. The van der Waals surface area contributed by atoms with Crippen molar-refractivity contribution in [3.05, 3.63) is 35.5 Å². The van der Waals surface area contributed by atoms with E-state index in [1.54, 1.807) is 14.2 Å². The molecule has 2 aromatic rings. The summed E-state index contributed by atoms with van der Waals surface area (Å²) in [5.74, 6) is 2.46. The molecule has 0 amide bonds. The largest absolute Gasteiger partial charge is 0.497 e. The van der Waals surface area contributed by atoms with Gasteiger partial charge >= 0.3 is 0 Å². The van der Waals surface area contributed by atoms with Crippen molar-refractivity contribution >= 4 is 11.8 Å². The maximum absolute atomic E-state index is 5.62. The van der Waals surface area contributed by atoms with Crippen LogP contribution in [0.5, 0.6) is 11.5 Å². The summed E-state index contributed by atoms with van der Waals surface area (Å²) in [5.41, 5.74) is 7.44. The lowest BCUT2D eigenvalue weighted by Gasteiger charge is -2.12. The predicted molar refractivity (Wildman–Crippen MR) is 78.1 cm³/mol. The van der Waals surface area contributed by atoms with E-state index in [1.165, 1.54) is 0 Å². The maximum Gasteiger partial charge on any atom is 0.222 e. The van der Waals surface area contributed by atoms with Crippen molar-refractivity contribution < 1.29 is 9.47 Å². The van der Waals surface area contributed by atoms with Crippen LogP contribution in [0.15, 0.2) is 24.3 Å². The number of nitrogens with one attached hydrogen (secondary N) is 1. The fraction of sp³-hybridized carbons (Fsp3) is 0.286. The Bertz CT molecular complexity index is 581. The Labute approximate surface area is 118 Å². The Kier molecular flexibility index (Phi) is 4.24. The van der Waals surface area contributed by atoms with Crippen molar-refractivity contribution in [2.45, 2.75) is 13.5 Å². The van der Waals surface area contributed by atoms with Crippen LogP contribution in [0.1, 0.15) is 11.3 Å². The van der Waals surface area contributed by atoms with Crippen LogP contribution in [0.3, 0.4) is 0 Å². The van der Waals surface area contributed by atoms with Gasteiger partial charge in [-0.3, -0.25) is 0 Å². The average Bonchev–Trinajstić information content (AvgIpc) is 2.44. The first kappa shape index (κ1) is 13.9. The molecule has 1 heterocycles. The van der Waals surface area contributed by atoms with Gasteiger partial charge in [0.1, 0.15) is 17.3 Å². The minimum atomic E-state index is 0.259. The summed E-state index contributed by atoms with van der Waals surface area (Å²) < 4.78 is 10.5. The van der Waals surface area contributed by atoms with E-state index in [0.717, 1.165) is 22.8 Å². The first-order valence-electron chi connectivity index (χ1n) is 6.18. The molecule has 0 aliphatic heterocycles. The van der Waals surface area contributed by atoms with Gasteiger partial charge in [-0.25, -0.2) is 4.98 Å². The van der Waals surface area contributed by atoms with Crippen molar-refractivity contribution in [3.63, 3.8) is 0 Å². The summed E-state index contributed by atoms with van der Waals surface area (Å²) in [6.45, 7) is 2.44. The lowest BCUT2D eigenvalue weighted by atomic mass is 10.2. The summed E-state index contributed by atoms with van der Waals surface area (Å²) in [4.78, 5) is 8.16. The molecule has 0 spiro atoms. The summed E-state index contributed by atoms with van der Waals surface area (Å²) in [6.07, 6.45) is 0. The van der Waals surface area contributed by atoms with Gasteiger partial charge in [0, 0.05) is 29.9 Å². The lowest BCUT2D eigenvalue weighted by molar-refractivity contribution is 0.391. The van der Waals surface area contributed by atoms with Crippen molar-refractivity contribution in [2.75, 3.05) is 25.3 Å². The highest BCUT2D eigenvalue weighted by Gasteiger charge is 2.06. The van der Waals surface area contributed by atoms with Crippen LogP contribution >= 0.6 is 0 Å². The summed E-state index contributed by atoms with van der Waals surface area (Å²) >= 11 is 0. The molecule has 6 heteroatoms. The molecular weight excluding hydrogens is 256 g/mol. The molecular formula is C14H18N4O2. The molecule has 0 fully saturated rings. The second-order valence-corrected chi connectivity index (χ2v) is 4.28. The van der Waals surface area contributed by atoms with E-state index in [-0.39, 0.29) is 5.95 Å². The van der Waals surface area contributed by atoms with Crippen LogP contribution in [0.2, 0.25) is 0 Å². The molecule has 1 aromatic heterocycles. The van der Waals surface area contributed by atoms with Crippen LogP contribution in [0, 0.1) is 6.92 Å². The number of benzene rings is 1. The quantitative estimate of drug-likeness (QED) is 0.867. The lowest BCUT2D eigenvalue weighted by Crippen LogP contribution is -2.06. The van der Waals surface area contributed by atoms with Crippen LogP contribution in [-0.2, 0) is 6.54 Å².